The maximum absolute atomic E-state index is 13.3. The molecule has 0 atom stereocenters. The molecule has 0 aliphatic carbocycles. The molecule has 0 N–H and O–H groups in total. The van der Waals surface area contributed by atoms with Gasteiger partial charge in [-0.15, -0.1) is 11.3 Å². The number of sulfonamides is 1. The average Bonchev–Trinajstić information content (AvgIpc) is 3.10. The van der Waals surface area contributed by atoms with E-state index in [0.717, 1.165) is 43.0 Å². The van der Waals surface area contributed by atoms with Crippen LogP contribution in [0.5, 0.6) is 0 Å². The Kier molecular flexibility index (Phi) is 6.45. The molecule has 0 saturated carbocycles. The Bertz CT molecular complexity index is 797. The summed E-state index contributed by atoms with van der Waals surface area (Å²) in [7, 11) is -3.47. The van der Waals surface area contributed by atoms with E-state index in [1.807, 2.05) is 31.2 Å². The zero-order valence-electron chi connectivity index (χ0n) is 15.5. The number of aromatic nitrogens is 1. The van der Waals surface area contributed by atoms with Crippen LogP contribution in [0, 0.1) is 6.92 Å². The van der Waals surface area contributed by atoms with E-state index >= 15 is 0 Å². The van der Waals surface area contributed by atoms with Crippen molar-refractivity contribution in [2.45, 2.75) is 43.4 Å². The molecule has 142 valence electrons. The first-order valence-electron chi connectivity index (χ1n) is 9.21. The SMILES string of the molecule is CCN1CCC(N(CCc2ccccn2)S(=O)(=O)c2ccc(C)s2)CC1. The van der Waals surface area contributed by atoms with Crippen LogP contribution in [-0.2, 0) is 16.4 Å². The number of thiophene rings is 1. The number of aryl methyl sites for hydroxylation is 1. The predicted octanol–water partition coefficient (Wildman–Crippen LogP) is 3.17. The molecule has 3 heterocycles. The van der Waals surface area contributed by atoms with Crippen LogP contribution in [-0.4, -0.2) is 54.8 Å². The molecule has 2 aromatic rings. The minimum atomic E-state index is -3.47. The topological polar surface area (TPSA) is 53.5 Å². The molecular weight excluding hydrogens is 366 g/mol. The quantitative estimate of drug-likeness (QED) is 0.725. The highest BCUT2D eigenvalue weighted by Crippen LogP contribution is 2.29. The second-order valence-electron chi connectivity index (χ2n) is 6.72. The number of hydrogen-bond acceptors (Lipinski definition) is 5. The summed E-state index contributed by atoms with van der Waals surface area (Å²) in [5, 5.41) is 0. The van der Waals surface area contributed by atoms with Crippen LogP contribution in [0.15, 0.2) is 40.7 Å². The molecule has 0 aromatic carbocycles. The van der Waals surface area contributed by atoms with Gasteiger partial charge in [0, 0.05) is 35.8 Å². The first-order valence-corrected chi connectivity index (χ1v) is 11.5. The largest absolute Gasteiger partial charge is 0.303 e. The average molecular weight is 394 g/mol. The summed E-state index contributed by atoms with van der Waals surface area (Å²) < 4.78 is 28.8. The van der Waals surface area contributed by atoms with E-state index in [2.05, 4.69) is 16.8 Å². The van der Waals surface area contributed by atoms with E-state index in [1.165, 1.54) is 11.3 Å². The van der Waals surface area contributed by atoms with Crippen LogP contribution >= 0.6 is 11.3 Å². The molecule has 1 aliphatic rings. The summed E-state index contributed by atoms with van der Waals surface area (Å²) in [5.74, 6) is 0. The van der Waals surface area contributed by atoms with Gasteiger partial charge in [-0.25, -0.2) is 8.42 Å². The summed E-state index contributed by atoms with van der Waals surface area (Å²) in [6.07, 6.45) is 4.17. The van der Waals surface area contributed by atoms with Crippen molar-refractivity contribution in [3.05, 3.63) is 47.1 Å². The van der Waals surface area contributed by atoms with Gasteiger partial charge in [0.05, 0.1) is 0 Å². The molecule has 7 heteroatoms. The van der Waals surface area contributed by atoms with Crippen LogP contribution in [0.1, 0.15) is 30.3 Å². The van der Waals surface area contributed by atoms with E-state index in [0.29, 0.717) is 17.2 Å². The molecular formula is C19H27N3O2S2. The van der Waals surface area contributed by atoms with Crippen LogP contribution in [0.3, 0.4) is 0 Å². The highest BCUT2D eigenvalue weighted by molar-refractivity contribution is 7.91. The number of hydrogen-bond donors (Lipinski definition) is 0. The molecule has 1 saturated heterocycles. The number of likely N-dealkylation sites (tertiary alicyclic amines) is 1. The normalized spacial score (nSPS) is 17.0. The van der Waals surface area contributed by atoms with Crippen molar-refractivity contribution >= 4 is 21.4 Å². The number of nitrogens with zero attached hydrogens (tertiary/aromatic N) is 3. The van der Waals surface area contributed by atoms with Crippen molar-refractivity contribution < 1.29 is 8.42 Å². The van der Waals surface area contributed by atoms with Gasteiger partial charge in [0.25, 0.3) is 10.0 Å². The predicted molar refractivity (Wildman–Crippen MR) is 106 cm³/mol. The summed E-state index contributed by atoms with van der Waals surface area (Å²) >= 11 is 1.36. The van der Waals surface area contributed by atoms with Gasteiger partial charge < -0.3 is 4.90 Å². The maximum atomic E-state index is 13.3. The number of rotatable bonds is 7. The zero-order valence-corrected chi connectivity index (χ0v) is 17.1. The molecule has 0 bridgehead atoms. The number of piperidine rings is 1. The van der Waals surface area contributed by atoms with E-state index in [9.17, 15) is 8.42 Å². The first-order chi connectivity index (χ1) is 12.5. The molecule has 1 fully saturated rings. The third-order valence-electron chi connectivity index (χ3n) is 5.00. The van der Waals surface area contributed by atoms with Crippen LogP contribution < -0.4 is 0 Å². The fraction of sp³-hybridized carbons (Fsp3) is 0.526. The van der Waals surface area contributed by atoms with Gasteiger partial charge in [0.1, 0.15) is 4.21 Å². The van der Waals surface area contributed by atoms with Crippen LogP contribution in [0.2, 0.25) is 0 Å². The molecule has 5 nitrogen and oxygen atoms in total. The Morgan fingerprint density at radius 1 is 1.23 bits per heavy atom. The van der Waals surface area contributed by atoms with E-state index < -0.39 is 10.0 Å². The molecule has 0 radical (unpaired) electrons. The Labute approximate surface area is 160 Å². The van der Waals surface area contributed by atoms with Crippen LogP contribution in [0.4, 0.5) is 0 Å². The van der Waals surface area contributed by atoms with E-state index in [4.69, 9.17) is 0 Å². The summed E-state index contributed by atoms with van der Waals surface area (Å²) in [6, 6.07) is 9.48. The van der Waals surface area contributed by atoms with Crippen molar-refractivity contribution in [2.75, 3.05) is 26.2 Å². The van der Waals surface area contributed by atoms with Gasteiger partial charge in [-0.3, -0.25) is 4.98 Å². The smallest absolute Gasteiger partial charge is 0.252 e. The number of pyridine rings is 1. The Hall–Kier alpha value is -1.28. The lowest BCUT2D eigenvalue weighted by molar-refractivity contribution is 0.165. The van der Waals surface area contributed by atoms with Gasteiger partial charge >= 0.3 is 0 Å². The Morgan fingerprint density at radius 3 is 2.58 bits per heavy atom. The van der Waals surface area contributed by atoms with E-state index in [1.54, 1.807) is 16.6 Å². The molecule has 2 aromatic heterocycles. The van der Waals surface area contributed by atoms with Gasteiger partial charge in [-0.1, -0.05) is 13.0 Å². The minimum Gasteiger partial charge on any atom is -0.303 e. The summed E-state index contributed by atoms with van der Waals surface area (Å²) in [6.45, 7) is 7.52. The molecule has 0 amide bonds. The van der Waals surface area contributed by atoms with Crippen molar-refractivity contribution in [3.63, 3.8) is 0 Å². The van der Waals surface area contributed by atoms with Crippen molar-refractivity contribution in [3.8, 4) is 0 Å². The first kappa shape index (κ1) is 19.5. The van der Waals surface area contributed by atoms with Crippen molar-refractivity contribution in [2.24, 2.45) is 0 Å². The lowest BCUT2D eigenvalue weighted by Gasteiger charge is -2.37. The zero-order chi connectivity index (χ0) is 18.6. The van der Waals surface area contributed by atoms with Crippen molar-refractivity contribution in [1.82, 2.24) is 14.2 Å². The Balaban J connectivity index is 1.81. The lowest BCUT2D eigenvalue weighted by atomic mass is 10.0. The Morgan fingerprint density at radius 2 is 2.00 bits per heavy atom. The summed E-state index contributed by atoms with van der Waals surface area (Å²) in [4.78, 5) is 7.76. The molecule has 26 heavy (non-hydrogen) atoms. The third-order valence-corrected chi connectivity index (χ3v) is 8.42. The lowest BCUT2D eigenvalue weighted by Crippen LogP contribution is -2.47. The molecule has 1 aliphatic heterocycles. The second kappa shape index (κ2) is 8.61. The van der Waals surface area contributed by atoms with Gasteiger partial charge in [0.15, 0.2) is 0 Å². The minimum absolute atomic E-state index is 0.0638. The van der Waals surface area contributed by atoms with Crippen molar-refractivity contribution in [1.29, 1.82) is 0 Å². The maximum Gasteiger partial charge on any atom is 0.252 e. The highest BCUT2D eigenvalue weighted by Gasteiger charge is 2.34. The standard InChI is InChI=1S/C19H27N3O2S2/c1-3-21-13-10-18(11-14-21)22(15-9-17-6-4-5-12-20-17)26(23,24)19-8-7-16(2)25-19/h4-8,12,18H,3,9-11,13-15H2,1-2H3. The van der Waals surface area contributed by atoms with Crippen LogP contribution in [0.25, 0.3) is 0 Å². The fourth-order valence-electron chi connectivity index (χ4n) is 3.46. The van der Waals surface area contributed by atoms with Gasteiger partial charge in [0.2, 0.25) is 0 Å². The molecule has 0 spiro atoms. The third kappa shape index (κ3) is 4.52. The van der Waals surface area contributed by atoms with Gasteiger partial charge in [-0.2, -0.15) is 4.31 Å². The van der Waals surface area contributed by atoms with Gasteiger partial charge in [-0.05, 0) is 63.7 Å². The second-order valence-corrected chi connectivity index (χ2v) is 10.1. The summed E-state index contributed by atoms with van der Waals surface area (Å²) in [5.41, 5.74) is 0.932. The molecule has 3 rings (SSSR count). The monoisotopic (exact) mass is 393 g/mol. The highest BCUT2D eigenvalue weighted by atomic mass is 32.2. The van der Waals surface area contributed by atoms with E-state index in [-0.39, 0.29) is 6.04 Å². The molecule has 0 unspecified atom stereocenters. The fourth-order valence-corrected chi connectivity index (χ4v) is 6.56.